The highest BCUT2D eigenvalue weighted by atomic mass is 16.7. The second-order valence-electron chi connectivity index (χ2n) is 7.74. The molecule has 1 amide bonds. The highest BCUT2D eigenvalue weighted by Crippen LogP contribution is 2.39. The van der Waals surface area contributed by atoms with Crippen LogP contribution in [0.3, 0.4) is 0 Å². The van der Waals surface area contributed by atoms with Crippen molar-refractivity contribution in [3.63, 3.8) is 0 Å². The summed E-state index contributed by atoms with van der Waals surface area (Å²) in [6.45, 7) is 14.1. The maximum Gasteiger partial charge on any atom is 0.494 e. The van der Waals surface area contributed by atoms with Crippen LogP contribution in [0.25, 0.3) is 0 Å². The number of nitrogens with zero attached hydrogens (tertiary/aromatic N) is 1. The number of hydrogen-bond acceptors (Lipinski definition) is 4. The lowest BCUT2D eigenvalue weighted by molar-refractivity contribution is 0.00578. The van der Waals surface area contributed by atoms with Crippen molar-refractivity contribution in [2.75, 3.05) is 6.54 Å². The van der Waals surface area contributed by atoms with E-state index in [4.69, 9.17) is 14.0 Å². The Morgan fingerprint density at radius 1 is 1.23 bits per heavy atom. The summed E-state index contributed by atoms with van der Waals surface area (Å²) in [5, 5.41) is 0. The van der Waals surface area contributed by atoms with Gasteiger partial charge in [-0.05, 0) is 60.0 Å². The van der Waals surface area contributed by atoms with E-state index in [0.717, 1.165) is 5.47 Å². The largest absolute Gasteiger partial charge is 0.494 e. The summed E-state index contributed by atoms with van der Waals surface area (Å²) >= 11 is 0. The van der Waals surface area contributed by atoms with Gasteiger partial charge in [0.25, 0.3) is 0 Å². The van der Waals surface area contributed by atoms with Crippen LogP contribution in [-0.2, 0) is 14.0 Å². The molecule has 2 heterocycles. The predicted octanol–water partition coefficient (Wildman–Crippen LogP) is 3.31. The Bertz CT molecular complexity index is 501. The van der Waals surface area contributed by atoms with Crippen molar-refractivity contribution in [2.45, 2.75) is 65.3 Å². The number of allylic oxidation sites excluding steroid dienone is 2. The fourth-order valence-corrected chi connectivity index (χ4v) is 2.12. The lowest BCUT2D eigenvalue weighted by Gasteiger charge is -2.32. The third kappa shape index (κ3) is 3.55. The summed E-state index contributed by atoms with van der Waals surface area (Å²) in [5.74, 6) is 0. The SMILES string of the molecule is CC(C)(C)OC(=O)N1C=CC(B2OC(C)(C)C(C)(C)O2)=CC1. The molecule has 22 heavy (non-hydrogen) atoms. The number of hydrogen-bond donors (Lipinski definition) is 0. The summed E-state index contributed by atoms with van der Waals surface area (Å²) in [6, 6.07) is 0. The van der Waals surface area contributed by atoms with E-state index >= 15 is 0 Å². The average Bonchev–Trinajstić information content (AvgIpc) is 2.56. The Balaban J connectivity index is 1.99. The third-order valence-corrected chi connectivity index (χ3v) is 4.12. The zero-order valence-corrected chi connectivity index (χ0v) is 14.6. The normalized spacial score (nSPS) is 23.5. The molecule has 0 unspecified atom stereocenters. The quantitative estimate of drug-likeness (QED) is 0.697. The van der Waals surface area contributed by atoms with Crippen LogP contribution >= 0.6 is 0 Å². The minimum absolute atomic E-state index is 0.354. The molecule has 0 atom stereocenters. The minimum Gasteiger partial charge on any atom is -0.443 e. The Morgan fingerprint density at radius 2 is 1.77 bits per heavy atom. The van der Waals surface area contributed by atoms with E-state index < -0.39 is 12.7 Å². The highest BCUT2D eigenvalue weighted by Gasteiger charge is 2.52. The van der Waals surface area contributed by atoms with Gasteiger partial charge in [-0.1, -0.05) is 6.08 Å². The molecule has 6 heteroatoms. The second kappa shape index (κ2) is 5.42. The molecule has 0 aliphatic carbocycles. The highest BCUT2D eigenvalue weighted by molar-refractivity contribution is 6.55. The molecule has 0 spiro atoms. The zero-order valence-electron chi connectivity index (χ0n) is 14.6. The van der Waals surface area contributed by atoms with Gasteiger partial charge in [0.1, 0.15) is 5.60 Å². The van der Waals surface area contributed by atoms with Crippen molar-refractivity contribution in [3.8, 4) is 0 Å². The molecule has 0 N–H and O–H groups in total. The summed E-state index contributed by atoms with van der Waals surface area (Å²) in [6.07, 6.45) is 5.14. The Kier molecular flexibility index (Phi) is 4.21. The lowest BCUT2D eigenvalue weighted by atomic mass is 9.77. The van der Waals surface area contributed by atoms with E-state index in [1.165, 1.54) is 4.90 Å². The van der Waals surface area contributed by atoms with Gasteiger partial charge in [-0.3, -0.25) is 4.90 Å². The Morgan fingerprint density at radius 3 is 2.18 bits per heavy atom. The summed E-state index contributed by atoms with van der Waals surface area (Å²) < 4.78 is 17.4. The molecule has 0 aromatic carbocycles. The Hall–Kier alpha value is -1.27. The van der Waals surface area contributed by atoms with Crippen LogP contribution < -0.4 is 0 Å². The first-order valence-corrected chi connectivity index (χ1v) is 7.65. The minimum atomic E-state index is -0.499. The van der Waals surface area contributed by atoms with Crippen LogP contribution in [0.1, 0.15) is 48.5 Å². The first-order chi connectivity index (χ1) is 9.91. The van der Waals surface area contributed by atoms with Gasteiger partial charge in [0.15, 0.2) is 0 Å². The van der Waals surface area contributed by atoms with Gasteiger partial charge >= 0.3 is 13.2 Å². The van der Waals surface area contributed by atoms with E-state index in [2.05, 4.69) is 0 Å². The van der Waals surface area contributed by atoms with Crippen molar-refractivity contribution >= 4 is 13.2 Å². The zero-order chi connectivity index (χ0) is 16.8. The van der Waals surface area contributed by atoms with Gasteiger partial charge < -0.3 is 14.0 Å². The molecule has 0 aromatic heterocycles. The molecule has 2 aliphatic heterocycles. The van der Waals surface area contributed by atoms with E-state index in [1.807, 2.05) is 60.6 Å². The van der Waals surface area contributed by atoms with Crippen LogP contribution in [0.5, 0.6) is 0 Å². The van der Waals surface area contributed by atoms with Crippen LogP contribution in [0.15, 0.2) is 23.8 Å². The number of rotatable bonds is 1. The smallest absolute Gasteiger partial charge is 0.443 e. The molecule has 0 aromatic rings. The third-order valence-electron chi connectivity index (χ3n) is 4.12. The maximum atomic E-state index is 12.0. The van der Waals surface area contributed by atoms with Gasteiger partial charge in [0, 0.05) is 12.7 Å². The average molecular weight is 307 g/mol. The molecule has 122 valence electrons. The number of ether oxygens (including phenoxy) is 1. The van der Waals surface area contributed by atoms with Crippen LogP contribution in [0, 0.1) is 0 Å². The standard InChI is InChI=1S/C16H26BNO4/c1-14(2,3)20-13(19)18-10-8-12(9-11-18)17-21-15(4,5)16(6,7)22-17/h8-10H,11H2,1-7H3. The van der Waals surface area contributed by atoms with E-state index in [-0.39, 0.29) is 17.3 Å². The summed E-state index contributed by atoms with van der Waals surface area (Å²) in [4.78, 5) is 13.5. The summed E-state index contributed by atoms with van der Waals surface area (Å²) in [5.41, 5.74) is -0.303. The number of amides is 1. The van der Waals surface area contributed by atoms with E-state index in [1.54, 1.807) is 6.20 Å². The first-order valence-electron chi connectivity index (χ1n) is 7.65. The fourth-order valence-electron chi connectivity index (χ4n) is 2.12. The van der Waals surface area contributed by atoms with Gasteiger partial charge in [-0.15, -0.1) is 0 Å². The van der Waals surface area contributed by atoms with Crippen molar-refractivity contribution in [1.29, 1.82) is 0 Å². The number of carbonyl (C=O) groups excluding carboxylic acids is 1. The van der Waals surface area contributed by atoms with Crippen molar-refractivity contribution < 1.29 is 18.8 Å². The van der Waals surface area contributed by atoms with Crippen LogP contribution in [-0.4, -0.2) is 41.5 Å². The van der Waals surface area contributed by atoms with Gasteiger partial charge in [-0.25, -0.2) is 4.79 Å². The van der Waals surface area contributed by atoms with Gasteiger partial charge in [0.05, 0.1) is 11.2 Å². The van der Waals surface area contributed by atoms with Crippen molar-refractivity contribution in [2.24, 2.45) is 0 Å². The number of carbonyl (C=O) groups is 1. The molecule has 0 saturated carbocycles. The van der Waals surface area contributed by atoms with Crippen molar-refractivity contribution in [1.82, 2.24) is 4.90 Å². The first kappa shape index (κ1) is 17.1. The predicted molar refractivity (Wildman–Crippen MR) is 86.2 cm³/mol. The molecule has 2 rings (SSSR count). The molecule has 1 fully saturated rings. The molecule has 1 saturated heterocycles. The molecule has 0 bridgehead atoms. The second-order valence-corrected chi connectivity index (χ2v) is 7.74. The molecular formula is C16H26BNO4. The fraction of sp³-hybridized carbons (Fsp3) is 0.688. The molecule has 5 nitrogen and oxygen atoms in total. The monoisotopic (exact) mass is 307 g/mol. The van der Waals surface area contributed by atoms with Gasteiger partial charge in [0.2, 0.25) is 0 Å². The van der Waals surface area contributed by atoms with Crippen molar-refractivity contribution in [3.05, 3.63) is 23.8 Å². The van der Waals surface area contributed by atoms with Gasteiger partial charge in [-0.2, -0.15) is 0 Å². The van der Waals surface area contributed by atoms with E-state index in [9.17, 15) is 4.79 Å². The van der Waals surface area contributed by atoms with E-state index in [0.29, 0.717) is 6.54 Å². The van der Waals surface area contributed by atoms with Crippen LogP contribution in [0.4, 0.5) is 4.79 Å². The molecular weight excluding hydrogens is 281 g/mol. The maximum absolute atomic E-state index is 12.0. The molecule has 2 aliphatic rings. The van der Waals surface area contributed by atoms with Crippen LogP contribution in [0.2, 0.25) is 0 Å². The lowest BCUT2D eigenvalue weighted by Crippen LogP contribution is -2.41. The molecule has 0 radical (unpaired) electrons. The Labute approximate surface area is 133 Å². The topological polar surface area (TPSA) is 48.0 Å². The summed E-state index contributed by atoms with van der Waals surface area (Å²) in [7, 11) is -0.401.